The Morgan fingerprint density at radius 1 is 1.42 bits per heavy atom. The lowest BCUT2D eigenvalue weighted by Gasteiger charge is -2.17. The Bertz CT molecular complexity index is 519. The maximum atomic E-state index is 13.1. The van der Waals surface area contributed by atoms with Gasteiger partial charge in [-0.1, -0.05) is 24.6 Å². The van der Waals surface area contributed by atoms with Gasteiger partial charge in [0.2, 0.25) is 0 Å². The predicted octanol–water partition coefficient (Wildman–Crippen LogP) is 2.95. The fourth-order valence-electron chi connectivity index (χ4n) is 1.86. The lowest BCUT2D eigenvalue weighted by Crippen LogP contribution is -2.18. The zero-order valence-corrected chi connectivity index (χ0v) is 12.7. The van der Waals surface area contributed by atoms with Crippen LogP contribution in [0, 0.1) is 5.82 Å². The van der Waals surface area contributed by atoms with Crippen molar-refractivity contribution in [2.45, 2.75) is 25.8 Å². The highest BCUT2D eigenvalue weighted by Gasteiger charge is 2.13. The largest absolute Gasteiger partial charge is 0.313 e. The Labute approximate surface area is 119 Å². The quantitative estimate of drug-likeness (QED) is 0.842. The highest BCUT2D eigenvalue weighted by atomic mass is 35.5. The SMILES string of the molecule is CCS(=O)(=O)CCCC(NC)c1ccc(F)c(Cl)c1. The smallest absolute Gasteiger partial charge is 0.150 e. The summed E-state index contributed by atoms with van der Waals surface area (Å²) in [7, 11) is -1.15. The third-order valence-electron chi connectivity index (χ3n) is 3.08. The molecule has 1 aromatic carbocycles. The topological polar surface area (TPSA) is 46.2 Å². The number of hydrogen-bond donors (Lipinski definition) is 1. The molecule has 0 radical (unpaired) electrons. The molecule has 0 saturated carbocycles. The number of sulfone groups is 1. The van der Waals surface area contributed by atoms with Gasteiger partial charge in [0.15, 0.2) is 0 Å². The van der Waals surface area contributed by atoms with Crippen LogP contribution in [0.25, 0.3) is 0 Å². The summed E-state index contributed by atoms with van der Waals surface area (Å²) in [6.07, 6.45) is 1.23. The van der Waals surface area contributed by atoms with Crippen LogP contribution in [-0.4, -0.2) is 27.0 Å². The molecule has 19 heavy (non-hydrogen) atoms. The van der Waals surface area contributed by atoms with E-state index in [0.717, 1.165) is 5.56 Å². The van der Waals surface area contributed by atoms with Gasteiger partial charge in [0, 0.05) is 11.8 Å². The second kappa shape index (κ2) is 7.22. The van der Waals surface area contributed by atoms with Crippen molar-refractivity contribution in [1.29, 1.82) is 0 Å². The average Bonchev–Trinajstić information content (AvgIpc) is 2.38. The normalized spacial score (nSPS) is 13.5. The first kappa shape index (κ1) is 16.4. The van der Waals surface area contributed by atoms with Crippen molar-refractivity contribution in [2.75, 3.05) is 18.6 Å². The second-order valence-electron chi connectivity index (χ2n) is 4.39. The molecule has 0 aliphatic heterocycles. The van der Waals surface area contributed by atoms with E-state index in [9.17, 15) is 12.8 Å². The number of nitrogens with one attached hydrogen (secondary N) is 1. The molecule has 0 aromatic heterocycles. The Balaban J connectivity index is 2.66. The van der Waals surface area contributed by atoms with Gasteiger partial charge in [-0.3, -0.25) is 0 Å². The third kappa shape index (κ3) is 5.09. The first-order valence-corrected chi connectivity index (χ1v) is 8.42. The molecule has 0 fully saturated rings. The van der Waals surface area contributed by atoms with Gasteiger partial charge in [-0.25, -0.2) is 12.8 Å². The van der Waals surface area contributed by atoms with Gasteiger partial charge in [-0.15, -0.1) is 0 Å². The fraction of sp³-hybridized carbons (Fsp3) is 0.538. The summed E-state index contributed by atoms with van der Waals surface area (Å²) < 4.78 is 35.9. The summed E-state index contributed by atoms with van der Waals surface area (Å²) >= 11 is 5.75. The van der Waals surface area contributed by atoms with Crippen LogP contribution in [0.4, 0.5) is 4.39 Å². The molecular weight excluding hydrogens is 289 g/mol. The molecule has 0 bridgehead atoms. The molecule has 0 aliphatic carbocycles. The van der Waals surface area contributed by atoms with Gasteiger partial charge >= 0.3 is 0 Å². The maximum Gasteiger partial charge on any atom is 0.150 e. The Hall–Kier alpha value is -0.650. The van der Waals surface area contributed by atoms with E-state index in [2.05, 4.69) is 5.32 Å². The number of benzene rings is 1. The molecule has 1 unspecified atom stereocenters. The summed E-state index contributed by atoms with van der Waals surface area (Å²) in [5.41, 5.74) is 0.864. The van der Waals surface area contributed by atoms with Crippen LogP contribution in [-0.2, 0) is 9.84 Å². The summed E-state index contributed by atoms with van der Waals surface area (Å²) in [5, 5.41) is 3.18. The van der Waals surface area contributed by atoms with E-state index in [4.69, 9.17) is 11.6 Å². The van der Waals surface area contributed by atoms with E-state index in [0.29, 0.717) is 12.8 Å². The summed E-state index contributed by atoms with van der Waals surface area (Å²) in [4.78, 5) is 0. The van der Waals surface area contributed by atoms with E-state index in [1.165, 1.54) is 6.07 Å². The zero-order valence-electron chi connectivity index (χ0n) is 11.1. The lowest BCUT2D eigenvalue weighted by molar-refractivity contribution is 0.534. The van der Waals surface area contributed by atoms with Gasteiger partial charge in [-0.05, 0) is 37.6 Å². The first-order chi connectivity index (χ1) is 8.89. The van der Waals surface area contributed by atoms with Crippen molar-refractivity contribution < 1.29 is 12.8 Å². The molecule has 6 heteroatoms. The predicted molar refractivity (Wildman–Crippen MR) is 76.8 cm³/mol. The lowest BCUT2D eigenvalue weighted by atomic mass is 10.0. The van der Waals surface area contributed by atoms with Crippen LogP contribution in [0.15, 0.2) is 18.2 Å². The molecule has 3 nitrogen and oxygen atoms in total. The first-order valence-electron chi connectivity index (χ1n) is 6.22. The van der Waals surface area contributed by atoms with Gasteiger partial charge in [-0.2, -0.15) is 0 Å². The minimum Gasteiger partial charge on any atom is -0.313 e. The molecule has 0 heterocycles. The minimum atomic E-state index is -2.93. The van der Waals surface area contributed by atoms with Crippen molar-refractivity contribution >= 4 is 21.4 Å². The van der Waals surface area contributed by atoms with Crippen molar-refractivity contribution in [3.8, 4) is 0 Å². The molecule has 0 saturated heterocycles. The fourth-order valence-corrected chi connectivity index (χ4v) is 2.94. The number of hydrogen-bond acceptors (Lipinski definition) is 3. The van der Waals surface area contributed by atoms with E-state index in [1.807, 2.05) is 0 Å². The molecule has 1 aromatic rings. The molecule has 1 atom stereocenters. The Kier molecular flexibility index (Phi) is 6.23. The van der Waals surface area contributed by atoms with Crippen molar-refractivity contribution in [2.24, 2.45) is 0 Å². The Morgan fingerprint density at radius 3 is 2.63 bits per heavy atom. The molecule has 1 rings (SSSR count). The van der Waals surface area contributed by atoms with Crippen molar-refractivity contribution in [3.63, 3.8) is 0 Å². The van der Waals surface area contributed by atoms with Crippen LogP contribution >= 0.6 is 11.6 Å². The number of halogens is 2. The summed E-state index contributed by atoms with van der Waals surface area (Å²) in [5.74, 6) is -0.107. The van der Waals surface area contributed by atoms with E-state index in [1.54, 1.807) is 26.1 Å². The van der Waals surface area contributed by atoms with Gasteiger partial charge in [0.1, 0.15) is 15.7 Å². The highest BCUT2D eigenvalue weighted by molar-refractivity contribution is 7.91. The Morgan fingerprint density at radius 2 is 2.11 bits per heavy atom. The van der Waals surface area contributed by atoms with Crippen molar-refractivity contribution in [3.05, 3.63) is 34.6 Å². The van der Waals surface area contributed by atoms with Gasteiger partial charge in [0.25, 0.3) is 0 Å². The second-order valence-corrected chi connectivity index (χ2v) is 7.27. The summed E-state index contributed by atoms with van der Waals surface area (Å²) in [6.45, 7) is 1.64. The number of rotatable bonds is 7. The van der Waals surface area contributed by atoms with E-state index in [-0.39, 0.29) is 22.6 Å². The standard InChI is InChI=1S/C13H19ClFNO2S/c1-3-19(17,18)8-4-5-13(16-2)10-6-7-12(15)11(14)9-10/h6-7,9,13,16H,3-5,8H2,1-2H3. The van der Waals surface area contributed by atoms with E-state index >= 15 is 0 Å². The average molecular weight is 308 g/mol. The van der Waals surface area contributed by atoms with E-state index < -0.39 is 15.7 Å². The van der Waals surface area contributed by atoms with Crippen LogP contribution in [0.1, 0.15) is 31.4 Å². The summed E-state index contributed by atoms with van der Waals surface area (Å²) in [6, 6.07) is 4.54. The third-order valence-corrected chi connectivity index (χ3v) is 5.16. The van der Waals surface area contributed by atoms with Crippen LogP contribution in [0.2, 0.25) is 5.02 Å². The molecule has 0 amide bonds. The molecular formula is C13H19ClFNO2S. The van der Waals surface area contributed by atoms with Gasteiger partial charge in [0.05, 0.1) is 10.8 Å². The molecule has 0 spiro atoms. The highest BCUT2D eigenvalue weighted by Crippen LogP contribution is 2.23. The minimum absolute atomic E-state index is 0.0230. The van der Waals surface area contributed by atoms with Crippen LogP contribution < -0.4 is 5.32 Å². The molecule has 0 aliphatic rings. The zero-order chi connectivity index (χ0) is 14.5. The van der Waals surface area contributed by atoms with Crippen LogP contribution in [0.5, 0.6) is 0 Å². The maximum absolute atomic E-state index is 13.1. The molecule has 108 valence electrons. The molecule has 1 N–H and O–H groups in total. The van der Waals surface area contributed by atoms with Gasteiger partial charge < -0.3 is 5.32 Å². The monoisotopic (exact) mass is 307 g/mol. The van der Waals surface area contributed by atoms with Crippen molar-refractivity contribution in [1.82, 2.24) is 5.32 Å². The van der Waals surface area contributed by atoms with Crippen LogP contribution in [0.3, 0.4) is 0 Å².